The summed E-state index contributed by atoms with van der Waals surface area (Å²) in [6, 6.07) is 6.01. The number of aromatic amines is 1. The van der Waals surface area contributed by atoms with Crippen LogP contribution in [0.2, 0.25) is 0 Å². The van der Waals surface area contributed by atoms with Crippen LogP contribution < -0.4 is 5.56 Å². The molecule has 3 aromatic rings. The number of nitrogens with zero attached hydrogens (tertiary/aromatic N) is 5. The lowest BCUT2D eigenvalue weighted by molar-refractivity contribution is 0.135. The Balaban J connectivity index is 1.94. The number of aryl methyl sites for hydroxylation is 2. The van der Waals surface area contributed by atoms with Crippen molar-refractivity contribution in [1.82, 2.24) is 30.1 Å². The molecule has 31 heavy (non-hydrogen) atoms. The smallest absolute Gasteiger partial charge is 0.253 e. The molecular weight excluding hydrogens is 388 g/mol. The van der Waals surface area contributed by atoms with E-state index in [1.54, 1.807) is 0 Å². The van der Waals surface area contributed by atoms with Gasteiger partial charge in [-0.2, -0.15) is 0 Å². The number of hydrogen-bond donors (Lipinski definition) is 1. The van der Waals surface area contributed by atoms with Gasteiger partial charge in [0, 0.05) is 12.1 Å². The van der Waals surface area contributed by atoms with Crippen molar-refractivity contribution in [2.45, 2.75) is 72.4 Å². The number of rotatable bonds is 5. The molecule has 4 rings (SSSR count). The van der Waals surface area contributed by atoms with Crippen LogP contribution in [0.3, 0.4) is 0 Å². The van der Waals surface area contributed by atoms with Crippen molar-refractivity contribution < 1.29 is 0 Å². The molecule has 0 amide bonds. The first-order valence-electron chi connectivity index (χ1n) is 11.4. The monoisotopic (exact) mass is 422 g/mol. The number of piperidine rings is 1. The van der Waals surface area contributed by atoms with Crippen molar-refractivity contribution in [2.75, 3.05) is 13.1 Å². The summed E-state index contributed by atoms with van der Waals surface area (Å²) in [5.41, 5.74) is 3.58. The van der Waals surface area contributed by atoms with Crippen LogP contribution >= 0.6 is 0 Å². The number of hydrogen-bond acceptors (Lipinski definition) is 5. The van der Waals surface area contributed by atoms with E-state index in [4.69, 9.17) is 0 Å². The molecular formula is C24H34N6O. The van der Waals surface area contributed by atoms with Gasteiger partial charge in [0.1, 0.15) is 6.04 Å². The van der Waals surface area contributed by atoms with Gasteiger partial charge in [0.05, 0.1) is 11.1 Å². The Kier molecular flexibility index (Phi) is 5.73. The first kappa shape index (κ1) is 21.7. The van der Waals surface area contributed by atoms with E-state index in [-0.39, 0.29) is 17.1 Å². The minimum absolute atomic E-state index is 0.0634. The fourth-order valence-electron chi connectivity index (χ4n) is 4.81. The quantitative estimate of drug-likeness (QED) is 0.670. The molecule has 0 radical (unpaired) electrons. The minimum Gasteiger partial charge on any atom is -0.321 e. The zero-order chi connectivity index (χ0) is 22.3. The zero-order valence-electron chi connectivity index (χ0n) is 19.6. The third kappa shape index (κ3) is 4.03. The minimum atomic E-state index is -0.280. The van der Waals surface area contributed by atoms with Gasteiger partial charge in [-0.15, -0.1) is 5.10 Å². The fraction of sp³-hybridized carbons (Fsp3) is 0.583. The Bertz CT molecular complexity index is 1140. The molecule has 0 unspecified atom stereocenters. The summed E-state index contributed by atoms with van der Waals surface area (Å²) < 4.78 is 1.92. The Morgan fingerprint density at radius 3 is 2.74 bits per heavy atom. The van der Waals surface area contributed by atoms with Crippen molar-refractivity contribution in [2.24, 2.45) is 5.92 Å². The lowest BCUT2D eigenvalue weighted by atomic mass is 9.94. The van der Waals surface area contributed by atoms with Crippen LogP contribution in [-0.4, -0.2) is 43.2 Å². The highest BCUT2D eigenvalue weighted by Crippen LogP contribution is 2.33. The van der Waals surface area contributed by atoms with Gasteiger partial charge >= 0.3 is 0 Å². The number of benzene rings is 1. The van der Waals surface area contributed by atoms with Crippen LogP contribution in [0, 0.1) is 19.8 Å². The number of tetrazole rings is 1. The molecule has 1 aliphatic rings. The second-order valence-corrected chi connectivity index (χ2v) is 9.86. The van der Waals surface area contributed by atoms with Crippen molar-refractivity contribution >= 4 is 10.9 Å². The van der Waals surface area contributed by atoms with Crippen molar-refractivity contribution in [3.05, 3.63) is 51.1 Å². The van der Waals surface area contributed by atoms with E-state index in [1.807, 2.05) is 11.6 Å². The zero-order valence-corrected chi connectivity index (χ0v) is 19.6. The molecule has 1 aliphatic heterocycles. The lowest BCUT2D eigenvalue weighted by Gasteiger charge is -2.37. The maximum absolute atomic E-state index is 13.4. The molecule has 1 aromatic carbocycles. The first-order chi connectivity index (χ1) is 14.7. The third-order valence-corrected chi connectivity index (χ3v) is 6.85. The van der Waals surface area contributed by atoms with E-state index >= 15 is 0 Å². The number of H-pyrrole nitrogens is 1. The van der Waals surface area contributed by atoms with Gasteiger partial charge in [-0.3, -0.25) is 9.69 Å². The summed E-state index contributed by atoms with van der Waals surface area (Å²) in [5.74, 6) is 1.32. The number of likely N-dealkylation sites (tertiary alicyclic amines) is 1. The fourth-order valence-corrected chi connectivity index (χ4v) is 4.81. The maximum Gasteiger partial charge on any atom is 0.253 e. The largest absolute Gasteiger partial charge is 0.321 e. The summed E-state index contributed by atoms with van der Waals surface area (Å²) in [4.78, 5) is 19.0. The predicted molar refractivity (Wildman–Crippen MR) is 123 cm³/mol. The lowest BCUT2D eigenvalue weighted by Crippen LogP contribution is -2.42. The maximum atomic E-state index is 13.4. The van der Waals surface area contributed by atoms with E-state index < -0.39 is 0 Å². The van der Waals surface area contributed by atoms with E-state index in [0.717, 1.165) is 53.8 Å². The second-order valence-electron chi connectivity index (χ2n) is 9.86. The van der Waals surface area contributed by atoms with Crippen LogP contribution in [0.25, 0.3) is 10.9 Å². The average molecular weight is 423 g/mol. The van der Waals surface area contributed by atoms with Crippen LogP contribution in [0.15, 0.2) is 23.0 Å². The Hall–Kier alpha value is -2.54. The molecule has 1 fully saturated rings. The molecule has 2 aromatic heterocycles. The van der Waals surface area contributed by atoms with Gasteiger partial charge in [-0.05, 0) is 92.9 Å². The topological polar surface area (TPSA) is 79.7 Å². The Morgan fingerprint density at radius 1 is 1.26 bits per heavy atom. The molecule has 1 N–H and O–H groups in total. The summed E-state index contributed by atoms with van der Waals surface area (Å²) in [5, 5.41) is 13.9. The van der Waals surface area contributed by atoms with Crippen LogP contribution in [0.4, 0.5) is 0 Å². The summed E-state index contributed by atoms with van der Waals surface area (Å²) in [6.07, 6.45) is 3.21. The third-order valence-electron chi connectivity index (χ3n) is 6.85. The highest BCUT2D eigenvalue weighted by Gasteiger charge is 2.35. The molecule has 1 saturated heterocycles. The molecule has 7 nitrogen and oxygen atoms in total. The van der Waals surface area contributed by atoms with E-state index in [1.165, 1.54) is 12.0 Å². The molecule has 0 aliphatic carbocycles. The highest BCUT2D eigenvalue weighted by atomic mass is 16.1. The van der Waals surface area contributed by atoms with Crippen molar-refractivity contribution in [1.29, 1.82) is 0 Å². The summed E-state index contributed by atoms with van der Waals surface area (Å²) in [6.45, 7) is 14.7. The molecule has 7 heteroatoms. The van der Waals surface area contributed by atoms with Gasteiger partial charge < -0.3 is 4.98 Å². The number of pyridine rings is 1. The van der Waals surface area contributed by atoms with Gasteiger partial charge in [0.25, 0.3) is 5.56 Å². The predicted octanol–water partition coefficient (Wildman–Crippen LogP) is 4.10. The van der Waals surface area contributed by atoms with Crippen LogP contribution in [0.5, 0.6) is 0 Å². The van der Waals surface area contributed by atoms with Crippen molar-refractivity contribution in [3.63, 3.8) is 0 Å². The van der Waals surface area contributed by atoms with E-state index in [2.05, 4.69) is 78.2 Å². The molecule has 3 heterocycles. The SMILES string of the molecule is CCC(C)(C)n1nnnc1[C@H](c1cc2cc(C)cc(C)c2[nH]c1=O)N1CCC[C@@H](C)C1. The summed E-state index contributed by atoms with van der Waals surface area (Å²) in [7, 11) is 0. The highest BCUT2D eigenvalue weighted by molar-refractivity contribution is 5.83. The van der Waals surface area contributed by atoms with Gasteiger partial charge in [-0.1, -0.05) is 25.5 Å². The Labute approximate surface area is 183 Å². The number of fused-ring (bicyclic) bond motifs is 1. The average Bonchev–Trinajstić information content (AvgIpc) is 3.20. The first-order valence-corrected chi connectivity index (χ1v) is 11.4. The van der Waals surface area contributed by atoms with Crippen molar-refractivity contribution in [3.8, 4) is 0 Å². The van der Waals surface area contributed by atoms with Gasteiger partial charge in [-0.25, -0.2) is 4.68 Å². The van der Waals surface area contributed by atoms with Gasteiger partial charge in [0.2, 0.25) is 0 Å². The van der Waals surface area contributed by atoms with Crippen LogP contribution in [0.1, 0.15) is 75.5 Å². The molecule has 0 bridgehead atoms. The normalized spacial score (nSPS) is 19.1. The molecule has 166 valence electrons. The molecule has 0 saturated carbocycles. The molecule has 2 atom stereocenters. The van der Waals surface area contributed by atoms with E-state index in [0.29, 0.717) is 5.92 Å². The number of aromatic nitrogens is 5. The van der Waals surface area contributed by atoms with Crippen LogP contribution in [-0.2, 0) is 5.54 Å². The second kappa shape index (κ2) is 8.19. The van der Waals surface area contributed by atoms with Gasteiger partial charge in [0.15, 0.2) is 5.82 Å². The van der Waals surface area contributed by atoms with E-state index in [9.17, 15) is 4.79 Å². The standard InChI is InChI=1S/C24H34N6O/c1-7-24(5,6)30-22(26-27-28-30)21(29-10-8-9-15(2)14-29)19-13-18-12-16(3)11-17(4)20(18)25-23(19)31/h11-13,15,21H,7-10,14H2,1-6H3,(H,25,31)/t15-,21+/m1/s1. The molecule has 0 spiro atoms. The Morgan fingerprint density at radius 2 is 2.03 bits per heavy atom. The number of nitrogens with one attached hydrogen (secondary N) is 1. The summed E-state index contributed by atoms with van der Waals surface area (Å²) >= 11 is 0.